The van der Waals surface area contributed by atoms with Gasteiger partial charge in [0.2, 0.25) is 0 Å². The van der Waals surface area contributed by atoms with E-state index in [1.165, 1.54) is 6.07 Å². The topological polar surface area (TPSA) is 64.6 Å². The number of ether oxygens (including phenoxy) is 2. The summed E-state index contributed by atoms with van der Waals surface area (Å²) < 4.78 is 10.4. The van der Waals surface area contributed by atoms with Crippen LogP contribution in [0.2, 0.25) is 10.0 Å². The van der Waals surface area contributed by atoms with Gasteiger partial charge in [0.05, 0.1) is 10.7 Å². The molecule has 2 aromatic carbocycles. The number of benzene rings is 2. The molecule has 0 saturated heterocycles. The molecule has 0 spiro atoms. The highest BCUT2D eigenvalue weighted by molar-refractivity contribution is 6.36. The Morgan fingerprint density at radius 1 is 1.00 bits per heavy atom. The maximum atomic E-state index is 11.9. The minimum absolute atomic E-state index is 0.278. The number of hydrogen-bond donors (Lipinski definition) is 1. The summed E-state index contributed by atoms with van der Waals surface area (Å²) in [5.41, 5.74) is 3.38. The van der Waals surface area contributed by atoms with Crippen LogP contribution >= 0.6 is 23.2 Å². The highest BCUT2D eigenvalue weighted by Gasteiger charge is 2.12. The molecule has 2 rings (SSSR count). The predicted molar refractivity (Wildman–Crippen MR) is 102 cm³/mol. The molecule has 0 unspecified atom stereocenters. The quantitative estimate of drug-likeness (QED) is 0.732. The molecule has 5 nitrogen and oxygen atoms in total. The number of esters is 1. The van der Waals surface area contributed by atoms with Crippen molar-refractivity contribution in [2.75, 3.05) is 18.5 Å². The first-order valence-electron chi connectivity index (χ1n) is 7.87. The fourth-order valence-electron chi connectivity index (χ4n) is 2.49. The van der Waals surface area contributed by atoms with E-state index in [0.29, 0.717) is 21.5 Å². The number of anilines is 1. The Labute approximate surface area is 162 Å². The molecule has 0 bridgehead atoms. The van der Waals surface area contributed by atoms with Gasteiger partial charge < -0.3 is 14.8 Å². The number of rotatable bonds is 6. The summed E-state index contributed by atoms with van der Waals surface area (Å²) in [7, 11) is 0. The van der Waals surface area contributed by atoms with Crippen molar-refractivity contribution >= 4 is 40.8 Å². The molecular formula is C19H19Cl2NO4. The van der Waals surface area contributed by atoms with E-state index in [1.807, 2.05) is 32.9 Å². The molecular weight excluding hydrogens is 377 g/mol. The van der Waals surface area contributed by atoms with Crippen LogP contribution in [0.3, 0.4) is 0 Å². The Kier molecular flexibility index (Phi) is 6.89. The van der Waals surface area contributed by atoms with Crippen molar-refractivity contribution in [3.8, 4) is 5.75 Å². The summed E-state index contributed by atoms with van der Waals surface area (Å²) >= 11 is 11.8. The molecule has 0 heterocycles. The van der Waals surface area contributed by atoms with Crippen LogP contribution in [0.25, 0.3) is 0 Å². The number of halogens is 2. The molecule has 138 valence electrons. The lowest BCUT2D eigenvalue weighted by atomic mass is 10.1. The Bertz CT molecular complexity index is 813. The van der Waals surface area contributed by atoms with Crippen LogP contribution in [0.1, 0.15) is 16.7 Å². The molecule has 0 aliphatic carbocycles. The van der Waals surface area contributed by atoms with E-state index in [0.717, 1.165) is 16.7 Å². The van der Waals surface area contributed by atoms with Gasteiger partial charge in [-0.2, -0.15) is 0 Å². The number of hydrogen-bond acceptors (Lipinski definition) is 4. The minimum Gasteiger partial charge on any atom is -0.481 e. The second kappa shape index (κ2) is 8.92. The van der Waals surface area contributed by atoms with Crippen molar-refractivity contribution in [3.05, 3.63) is 57.1 Å². The lowest BCUT2D eigenvalue weighted by Gasteiger charge is -2.13. The monoisotopic (exact) mass is 395 g/mol. The zero-order valence-electron chi connectivity index (χ0n) is 14.7. The first kappa shape index (κ1) is 20.1. The third-order valence-electron chi connectivity index (χ3n) is 3.51. The summed E-state index contributed by atoms with van der Waals surface area (Å²) in [6.07, 6.45) is 0. The molecule has 7 heteroatoms. The molecule has 0 fully saturated rings. The van der Waals surface area contributed by atoms with Crippen molar-refractivity contribution in [3.63, 3.8) is 0 Å². The molecule has 0 radical (unpaired) electrons. The van der Waals surface area contributed by atoms with Crippen molar-refractivity contribution in [1.82, 2.24) is 0 Å². The number of carbonyl (C=O) groups is 2. The molecule has 1 N–H and O–H groups in total. The zero-order chi connectivity index (χ0) is 19.3. The summed E-state index contributed by atoms with van der Waals surface area (Å²) in [4.78, 5) is 23.7. The Morgan fingerprint density at radius 2 is 1.65 bits per heavy atom. The van der Waals surface area contributed by atoms with Crippen molar-refractivity contribution in [2.45, 2.75) is 20.8 Å². The zero-order valence-corrected chi connectivity index (χ0v) is 16.2. The van der Waals surface area contributed by atoms with Gasteiger partial charge >= 0.3 is 5.97 Å². The number of nitrogens with one attached hydrogen (secondary N) is 1. The van der Waals surface area contributed by atoms with Crippen LogP contribution in [0.4, 0.5) is 5.69 Å². The summed E-state index contributed by atoms with van der Waals surface area (Å²) in [6.45, 7) is 5.09. The van der Waals surface area contributed by atoms with E-state index in [-0.39, 0.29) is 6.61 Å². The molecule has 0 aromatic heterocycles. The molecule has 1 amide bonds. The van der Waals surface area contributed by atoms with Gasteiger partial charge in [-0.3, -0.25) is 4.79 Å². The molecule has 0 aliphatic rings. The summed E-state index contributed by atoms with van der Waals surface area (Å²) in [5.74, 6) is -0.503. The third-order valence-corrected chi connectivity index (χ3v) is 4.06. The molecule has 2 aromatic rings. The summed E-state index contributed by atoms with van der Waals surface area (Å²) in [6, 6.07) is 8.60. The standard InChI is InChI=1S/C19H19Cl2NO4/c1-11-6-12(2)19(13(3)7-11)26-10-18(24)25-9-17(23)22-16-5-4-14(20)8-15(16)21/h4-8H,9-10H2,1-3H3,(H,22,23). The Balaban J connectivity index is 1.82. The second-order valence-electron chi connectivity index (χ2n) is 5.85. The van der Waals surface area contributed by atoms with Crippen molar-refractivity contribution < 1.29 is 19.1 Å². The predicted octanol–water partition coefficient (Wildman–Crippen LogP) is 4.48. The number of amides is 1. The van der Waals surface area contributed by atoms with Gasteiger partial charge in [-0.15, -0.1) is 0 Å². The average molecular weight is 396 g/mol. The van der Waals surface area contributed by atoms with E-state index in [4.69, 9.17) is 32.7 Å². The normalized spacial score (nSPS) is 10.3. The van der Waals surface area contributed by atoms with Crippen molar-refractivity contribution in [2.24, 2.45) is 0 Å². The van der Waals surface area contributed by atoms with Gasteiger partial charge in [-0.25, -0.2) is 4.79 Å². The highest BCUT2D eigenvalue weighted by Crippen LogP contribution is 2.25. The van der Waals surface area contributed by atoms with Gasteiger partial charge in [-0.1, -0.05) is 40.9 Å². The van der Waals surface area contributed by atoms with Crippen LogP contribution in [-0.4, -0.2) is 25.1 Å². The van der Waals surface area contributed by atoms with Crippen molar-refractivity contribution in [1.29, 1.82) is 0 Å². The highest BCUT2D eigenvalue weighted by atomic mass is 35.5. The molecule has 0 atom stereocenters. The van der Waals surface area contributed by atoms with Gasteiger partial charge in [0.15, 0.2) is 13.2 Å². The largest absolute Gasteiger partial charge is 0.481 e. The lowest BCUT2D eigenvalue weighted by Crippen LogP contribution is -2.24. The fourth-order valence-corrected chi connectivity index (χ4v) is 2.95. The van der Waals surface area contributed by atoms with Crippen LogP contribution in [-0.2, 0) is 14.3 Å². The number of aryl methyl sites for hydroxylation is 3. The summed E-state index contributed by atoms with van der Waals surface area (Å²) in [5, 5.41) is 3.30. The molecule has 0 saturated carbocycles. The molecule has 0 aliphatic heterocycles. The van der Waals surface area contributed by atoms with Crippen LogP contribution in [0.15, 0.2) is 30.3 Å². The van der Waals surface area contributed by atoms with E-state index in [2.05, 4.69) is 5.32 Å². The first-order chi connectivity index (χ1) is 12.3. The molecule has 26 heavy (non-hydrogen) atoms. The van der Waals surface area contributed by atoms with Crippen LogP contribution in [0, 0.1) is 20.8 Å². The Hall–Kier alpha value is -2.24. The smallest absolute Gasteiger partial charge is 0.344 e. The Morgan fingerprint density at radius 3 is 2.27 bits per heavy atom. The van der Waals surface area contributed by atoms with Crippen LogP contribution < -0.4 is 10.1 Å². The van der Waals surface area contributed by atoms with Gasteiger partial charge in [0.25, 0.3) is 5.91 Å². The number of carbonyl (C=O) groups excluding carboxylic acids is 2. The van der Waals surface area contributed by atoms with E-state index in [1.54, 1.807) is 12.1 Å². The van der Waals surface area contributed by atoms with Gasteiger partial charge in [0.1, 0.15) is 5.75 Å². The third kappa shape index (κ3) is 5.64. The maximum absolute atomic E-state index is 11.9. The second-order valence-corrected chi connectivity index (χ2v) is 6.69. The fraction of sp³-hybridized carbons (Fsp3) is 0.263. The maximum Gasteiger partial charge on any atom is 0.344 e. The van der Waals surface area contributed by atoms with E-state index < -0.39 is 18.5 Å². The van der Waals surface area contributed by atoms with Gasteiger partial charge in [-0.05, 0) is 50.1 Å². The average Bonchev–Trinajstić information content (AvgIpc) is 2.54. The SMILES string of the molecule is Cc1cc(C)c(OCC(=O)OCC(=O)Nc2ccc(Cl)cc2Cl)c(C)c1. The van der Waals surface area contributed by atoms with Crippen LogP contribution in [0.5, 0.6) is 5.75 Å². The van der Waals surface area contributed by atoms with Gasteiger partial charge in [0, 0.05) is 5.02 Å². The van der Waals surface area contributed by atoms with E-state index >= 15 is 0 Å². The first-order valence-corrected chi connectivity index (χ1v) is 8.63. The lowest BCUT2D eigenvalue weighted by molar-refractivity contribution is -0.149. The van der Waals surface area contributed by atoms with E-state index in [9.17, 15) is 9.59 Å². The minimum atomic E-state index is -0.637.